The number of rotatable bonds is 5. The van der Waals surface area contributed by atoms with E-state index in [-0.39, 0.29) is 29.1 Å². The van der Waals surface area contributed by atoms with Crippen LogP contribution in [-0.2, 0) is 10.0 Å². The van der Waals surface area contributed by atoms with E-state index in [0.717, 1.165) is 13.1 Å². The van der Waals surface area contributed by atoms with Gasteiger partial charge >= 0.3 is 0 Å². The topological polar surface area (TPSA) is 78.5 Å². The fraction of sp³-hybridized carbons (Fsp3) is 0.533. The minimum atomic E-state index is -3.51. The first-order chi connectivity index (χ1) is 10.4. The average Bonchev–Trinajstić information content (AvgIpc) is 2.53. The number of halogens is 1. The third kappa shape index (κ3) is 5.46. The highest BCUT2D eigenvalue weighted by Crippen LogP contribution is 2.13. The van der Waals surface area contributed by atoms with Crippen LogP contribution in [0.4, 0.5) is 0 Å². The van der Waals surface area contributed by atoms with Crippen molar-refractivity contribution >= 4 is 28.3 Å². The zero-order valence-corrected chi connectivity index (χ0v) is 15.0. The van der Waals surface area contributed by atoms with Crippen molar-refractivity contribution < 1.29 is 13.2 Å². The van der Waals surface area contributed by atoms with E-state index in [1.165, 1.54) is 12.1 Å². The first kappa shape index (κ1) is 19.9. The van der Waals surface area contributed by atoms with Gasteiger partial charge in [0.15, 0.2) is 0 Å². The van der Waals surface area contributed by atoms with Gasteiger partial charge < -0.3 is 10.2 Å². The fourth-order valence-corrected chi connectivity index (χ4v) is 3.40. The molecule has 0 atom stereocenters. The Hall–Kier alpha value is -1.15. The van der Waals surface area contributed by atoms with E-state index in [0.29, 0.717) is 25.2 Å². The van der Waals surface area contributed by atoms with Gasteiger partial charge in [-0.1, -0.05) is 13.8 Å². The molecule has 0 spiro atoms. The maximum atomic E-state index is 12.3. The van der Waals surface area contributed by atoms with Crippen LogP contribution in [0.1, 0.15) is 24.2 Å². The third-order valence-corrected chi connectivity index (χ3v) is 4.94. The second kappa shape index (κ2) is 8.63. The summed E-state index contributed by atoms with van der Waals surface area (Å²) in [6.45, 7) is 7.21. The highest BCUT2D eigenvalue weighted by atomic mass is 35.5. The number of hydrogen-bond acceptors (Lipinski definition) is 4. The maximum absolute atomic E-state index is 12.3. The summed E-state index contributed by atoms with van der Waals surface area (Å²) in [5.41, 5.74) is 0.518. The summed E-state index contributed by atoms with van der Waals surface area (Å²) in [5, 5.41) is 3.19. The predicted octanol–water partition coefficient (Wildman–Crippen LogP) is 1.09. The van der Waals surface area contributed by atoms with Crippen molar-refractivity contribution in [1.82, 2.24) is 14.9 Å². The van der Waals surface area contributed by atoms with Crippen LogP contribution in [0.15, 0.2) is 29.2 Å². The first-order valence-corrected chi connectivity index (χ1v) is 8.98. The largest absolute Gasteiger partial charge is 0.336 e. The van der Waals surface area contributed by atoms with Gasteiger partial charge in [-0.05, 0) is 30.2 Å². The lowest BCUT2D eigenvalue weighted by molar-refractivity contribution is 0.0735. The Bertz CT molecular complexity index is 611. The Balaban J connectivity index is 0.00000264. The normalized spacial score (nSPS) is 15.3. The predicted molar refractivity (Wildman–Crippen MR) is 92.5 cm³/mol. The van der Waals surface area contributed by atoms with E-state index >= 15 is 0 Å². The highest BCUT2D eigenvalue weighted by molar-refractivity contribution is 7.89. The number of nitrogens with zero attached hydrogens (tertiary/aromatic N) is 1. The van der Waals surface area contributed by atoms with Gasteiger partial charge in [-0.15, -0.1) is 12.4 Å². The second-order valence-corrected chi connectivity index (χ2v) is 7.58. The summed E-state index contributed by atoms with van der Waals surface area (Å²) < 4.78 is 26.8. The van der Waals surface area contributed by atoms with Crippen molar-refractivity contribution in [1.29, 1.82) is 0 Å². The molecule has 1 aliphatic rings. The SMILES string of the molecule is CC(C)CNS(=O)(=O)c1ccc(C(=O)N2CCNCC2)cc1.Cl. The van der Waals surface area contributed by atoms with Gasteiger partial charge in [0.1, 0.15) is 0 Å². The molecule has 1 heterocycles. The molecule has 0 saturated carbocycles. The number of piperazine rings is 1. The van der Waals surface area contributed by atoms with E-state index in [1.807, 2.05) is 13.8 Å². The number of carbonyl (C=O) groups is 1. The van der Waals surface area contributed by atoms with Gasteiger partial charge in [0.05, 0.1) is 4.90 Å². The third-order valence-electron chi connectivity index (χ3n) is 3.50. The molecule has 23 heavy (non-hydrogen) atoms. The minimum Gasteiger partial charge on any atom is -0.336 e. The Kier molecular flexibility index (Phi) is 7.47. The summed E-state index contributed by atoms with van der Waals surface area (Å²) in [6.07, 6.45) is 0. The number of benzene rings is 1. The molecule has 1 aliphatic heterocycles. The van der Waals surface area contributed by atoms with Gasteiger partial charge in [0.2, 0.25) is 10.0 Å². The van der Waals surface area contributed by atoms with Crippen molar-refractivity contribution in [3.05, 3.63) is 29.8 Å². The van der Waals surface area contributed by atoms with Crippen LogP contribution < -0.4 is 10.0 Å². The van der Waals surface area contributed by atoms with Gasteiger partial charge in [0.25, 0.3) is 5.91 Å². The van der Waals surface area contributed by atoms with Gasteiger partial charge in [-0.25, -0.2) is 13.1 Å². The van der Waals surface area contributed by atoms with Crippen LogP contribution >= 0.6 is 12.4 Å². The number of nitrogens with one attached hydrogen (secondary N) is 2. The molecule has 0 radical (unpaired) electrons. The van der Waals surface area contributed by atoms with E-state index in [2.05, 4.69) is 10.0 Å². The number of amides is 1. The zero-order valence-electron chi connectivity index (χ0n) is 13.4. The molecule has 1 aromatic carbocycles. The summed E-state index contributed by atoms with van der Waals surface area (Å²) in [4.78, 5) is 14.3. The number of hydrogen-bond donors (Lipinski definition) is 2. The lowest BCUT2D eigenvalue weighted by Gasteiger charge is -2.27. The molecule has 0 bridgehead atoms. The molecule has 0 unspecified atom stereocenters. The van der Waals surface area contributed by atoms with E-state index < -0.39 is 10.0 Å². The van der Waals surface area contributed by atoms with Crippen LogP contribution in [0.3, 0.4) is 0 Å². The summed E-state index contributed by atoms with van der Waals surface area (Å²) in [5.74, 6) is 0.184. The maximum Gasteiger partial charge on any atom is 0.253 e. The number of sulfonamides is 1. The van der Waals surface area contributed by atoms with Gasteiger partial charge in [-0.3, -0.25) is 4.79 Å². The van der Waals surface area contributed by atoms with E-state index in [4.69, 9.17) is 0 Å². The average molecular weight is 362 g/mol. The Labute approximate surface area is 144 Å². The zero-order chi connectivity index (χ0) is 16.2. The summed E-state index contributed by atoms with van der Waals surface area (Å²) in [6, 6.07) is 6.12. The van der Waals surface area contributed by atoms with Crippen LogP contribution in [0, 0.1) is 5.92 Å². The lowest BCUT2D eigenvalue weighted by Crippen LogP contribution is -2.46. The quantitative estimate of drug-likeness (QED) is 0.822. The molecule has 2 rings (SSSR count). The smallest absolute Gasteiger partial charge is 0.253 e. The van der Waals surface area contributed by atoms with E-state index in [9.17, 15) is 13.2 Å². The summed E-state index contributed by atoms with van der Waals surface area (Å²) >= 11 is 0. The molecular formula is C15H24ClN3O3S. The monoisotopic (exact) mass is 361 g/mol. The Morgan fingerprint density at radius 3 is 2.30 bits per heavy atom. The molecule has 6 nitrogen and oxygen atoms in total. The van der Waals surface area contributed by atoms with Crippen molar-refractivity contribution in [2.75, 3.05) is 32.7 Å². The van der Waals surface area contributed by atoms with Crippen LogP contribution in [0.25, 0.3) is 0 Å². The van der Waals surface area contributed by atoms with Crippen molar-refractivity contribution in [2.45, 2.75) is 18.7 Å². The molecule has 1 amide bonds. The highest BCUT2D eigenvalue weighted by Gasteiger charge is 2.19. The number of carbonyl (C=O) groups excluding carboxylic acids is 1. The van der Waals surface area contributed by atoms with Crippen molar-refractivity contribution in [3.8, 4) is 0 Å². The molecular weight excluding hydrogens is 338 g/mol. The lowest BCUT2D eigenvalue weighted by atomic mass is 10.2. The molecule has 1 aromatic rings. The first-order valence-electron chi connectivity index (χ1n) is 7.50. The second-order valence-electron chi connectivity index (χ2n) is 5.81. The molecule has 0 aromatic heterocycles. The van der Waals surface area contributed by atoms with Crippen LogP contribution in [-0.4, -0.2) is 51.9 Å². The standard InChI is InChI=1S/C15H23N3O3S.ClH/c1-12(2)11-17-22(20,21)14-5-3-13(4-6-14)15(19)18-9-7-16-8-10-18;/h3-6,12,16-17H,7-11H2,1-2H3;1H. The van der Waals surface area contributed by atoms with Gasteiger partial charge in [0, 0.05) is 38.3 Å². The van der Waals surface area contributed by atoms with Crippen molar-refractivity contribution in [2.24, 2.45) is 5.92 Å². The Morgan fingerprint density at radius 1 is 1.22 bits per heavy atom. The molecule has 1 saturated heterocycles. The van der Waals surface area contributed by atoms with Gasteiger partial charge in [-0.2, -0.15) is 0 Å². The molecule has 0 aliphatic carbocycles. The Morgan fingerprint density at radius 2 is 1.78 bits per heavy atom. The van der Waals surface area contributed by atoms with Crippen LogP contribution in [0.5, 0.6) is 0 Å². The molecule has 1 fully saturated rings. The fourth-order valence-electron chi connectivity index (χ4n) is 2.19. The van der Waals surface area contributed by atoms with Crippen LogP contribution in [0.2, 0.25) is 0 Å². The van der Waals surface area contributed by atoms with E-state index in [1.54, 1.807) is 17.0 Å². The minimum absolute atomic E-state index is 0. The molecule has 2 N–H and O–H groups in total. The molecule has 130 valence electrons. The molecule has 8 heteroatoms. The van der Waals surface area contributed by atoms with Crippen molar-refractivity contribution in [3.63, 3.8) is 0 Å². The summed E-state index contributed by atoms with van der Waals surface area (Å²) in [7, 11) is -3.51.